The van der Waals surface area contributed by atoms with Gasteiger partial charge in [0, 0.05) is 12.8 Å². The van der Waals surface area contributed by atoms with E-state index in [1.807, 2.05) is 12.6 Å². The van der Waals surface area contributed by atoms with Gasteiger partial charge in [0.2, 0.25) is 0 Å². The van der Waals surface area contributed by atoms with Crippen LogP contribution in [0, 0.1) is 0 Å². The first-order valence-electron chi connectivity index (χ1n) is 35.7. The number of carboxylic acids is 2. The van der Waals surface area contributed by atoms with Crippen LogP contribution >= 0.6 is 0 Å². The van der Waals surface area contributed by atoms with E-state index >= 15 is 0 Å². The van der Waals surface area contributed by atoms with E-state index in [0.717, 1.165) is 58.9 Å². The van der Waals surface area contributed by atoms with Crippen LogP contribution < -0.4 is 0 Å². The number of unbranched alkanes of at least 4 members (excludes halogenated alkanes) is 58. The number of carbonyl (C=O) groups is 2. The summed E-state index contributed by atoms with van der Waals surface area (Å²) in [6.45, 7) is 9.10. The molecule has 0 bridgehead atoms. The minimum absolute atomic E-state index is 0.345. The Morgan fingerprint density at radius 2 is 0.338 bits per heavy atom. The first kappa shape index (κ1) is 87.6. The fraction of sp³-hybridized carbons (Fsp3) is 0.944. The molecular formula is C72H142O7Ti. The summed E-state index contributed by atoms with van der Waals surface area (Å²) in [5, 5.41) is 17.0. The molecule has 8 heteroatoms. The van der Waals surface area contributed by atoms with E-state index in [0.29, 0.717) is 25.7 Å². The Morgan fingerprint density at radius 3 is 0.450 bits per heavy atom. The average Bonchev–Trinajstić information content (AvgIpc) is 3.46. The second-order valence-corrected chi connectivity index (χ2v) is 23.9. The molecule has 80 heavy (non-hydrogen) atoms. The second kappa shape index (κ2) is 91.5. The van der Waals surface area contributed by atoms with Gasteiger partial charge in [-0.15, -0.1) is 0 Å². The average molecular weight is 1170 g/mol. The molecule has 0 atom stereocenters. The molecule has 0 saturated heterocycles. The summed E-state index contributed by atoms with van der Waals surface area (Å²) in [7, 11) is 0. The van der Waals surface area contributed by atoms with Crippen LogP contribution in [0.2, 0.25) is 0 Å². The molecule has 0 aliphatic heterocycles. The van der Waals surface area contributed by atoms with Crippen LogP contribution in [0.4, 0.5) is 0 Å². The van der Waals surface area contributed by atoms with Crippen molar-refractivity contribution < 1.29 is 53.1 Å². The molecule has 0 aliphatic carbocycles. The molecule has 476 valence electrons. The summed E-state index contributed by atoms with van der Waals surface area (Å²) < 4.78 is 8.25. The summed E-state index contributed by atoms with van der Waals surface area (Å²) in [5.41, 5.74) is 0. The van der Waals surface area contributed by atoms with Crippen molar-refractivity contribution in [3.8, 4) is 0 Å². The monoisotopic (exact) mass is 1170 g/mol. The maximum atomic E-state index is 10.3. The van der Waals surface area contributed by atoms with E-state index < -0.39 is 11.9 Å². The van der Waals surface area contributed by atoms with Crippen LogP contribution in [0.1, 0.15) is 439 Å². The predicted octanol–water partition coefficient (Wildman–Crippen LogP) is 25.3. The van der Waals surface area contributed by atoms with Crippen LogP contribution in [-0.2, 0) is 42.9 Å². The quantitative estimate of drug-likeness (QED) is 0.0353. The van der Waals surface area contributed by atoms with Crippen molar-refractivity contribution in [3.05, 3.63) is 0 Å². The van der Waals surface area contributed by atoms with Crippen LogP contribution in [0.25, 0.3) is 0 Å². The molecule has 0 radical (unpaired) electrons. The number of hydrogen-bond acceptors (Lipinski definition) is 5. The van der Waals surface area contributed by atoms with Gasteiger partial charge in [-0.25, -0.2) is 0 Å². The van der Waals surface area contributed by atoms with Crippen molar-refractivity contribution in [3.63, 3.8) is 0 Å². The van der Waals surface area contributed by atoms with E-state index in [1.54, 1.807) is 0 Å². The summed E-state index contributed by atoms with van der Waals surface area (Å²) >= 11 is 0.750. The molecule has 0 amide bonds. The van der Waals surface area contributed by atoms with E-state index in [-0.39, 0.29) is 0 Å². The van der Waals surface area contributed by atoms with E-state index in [9.17, 15) is 19.2 Å². The molecule has 0 aromatic rings. The Balaban J connectivity index is -0.000000309. The molecule has 0 fully saturated rings. The third kappa shape index (κ3) is 105. The molecule has 0 aromatic carbocycles. The summed E-state index contributed by atoms with van der Waals surface area (Å²) in [6.07, 6.45) is 86.8. The number of aliphatic carboxylic acids is 2. The standard InChI is InChI=1S/2C18H36O2.2C18H35O.O.Ti/c2*1-2-3-4-5-6-7-8-9-10-11-12-13-14-15-16-17-18(19)20;2*1-2-3-4-5-6-7-8-9-10-11-12-13-14-15-16-17-18-19;;/h2*2-17H2,1H3,(H,19,20);2*2-17H2,1H3;;/q;;2*-1;;+2. The number of rotatable bonds is 64. The molecule has 0 unspecified atom stereocenters. The summed E-state index contributed by atoms with van der Waals surface area (Å²) in [5.74, 6) is -1.31. The van der Waals surface area contributed by atoms with Crippen molar-refractivity contribution in [2.45, 2.75) is 439 Å². The molecule has 0 rings (SSSR count). The van der Waals surface area contributed by atoms with Gasteiger partial charge in [0.1, 0.15) is 0 Å². The van der Waals surface area contributed by atoms with E-state index in [2.05, 4.69) is 27.7 Å². The maximum absolute atomic E-state index is 10.3. The normalized spacial score (nSPS) is 10.6. The van der Waals surface area contributed by atoms with Gasteiger partial charge in [-0.05, 0) is 12.8 Å². The fourth-order valence-electron chi connectivity index (χ4n) is 10.4. The van der Waals surface area contributed by atoms with Gasteiger partial charge in [0.05, 0.1) is 0 Å². The third-order valence-electron chi connectivity index (χ3n) is 15.8. The third-order valence-corrected chi connectivity index (χ3v) is 15.8. The second-order valence-electron chi connectivity index (χ2n) is 23.9. The Kier molecular flexibility index (Phi) is 100. The van der Waals surface area contributed by atoms with E-state index in [4.69, 9.17) is 13.5 Å². The molecule has 0 aromatic heterocycles. The van der Waals surface area contributed by atoms with Gasteiger partial charge in [-0.3, -0.25) is 22.2 Å². The zero-order valence-corrected chi connectivity index (χ0v) is 56.3. The number of carboxylic acid groups (broad SMARTS) is 2. The first-order valence-corrected chi connectivity index (χ1v) is 36.3. The van der Waals surface area contributed by atoms with Gasteiger partial charge >= 0.3 is 35.7 Å². The Morgan fingerprint density at radius 1 is 0.225 bits per heavy atom. The Labute approximate surface area is 513 Å². The van der Waals surface area contributed by atoms with Gasteiger partial charge in [0.15, 0.2) is 0 Å². The zero-order valence-electron chi connectivity index (χ0n) is 54.7. The van der Waals surface area contributed by atoms with Gasteiger partial charge in [-0.1, -0.05) is 400 Å². The van der Waals surface area contributed by atoms with Crippen LogP contribution in [0.5, 0.6) is 0 Å². The molecule has 2 N–H and O–H groups in total. The first-order chi connectivity index (χ1) is 39.4. The number of carbonyl (C=O) groups excluding carboxylic acids is 2. The fourth-order valence-corrected chi connectivity index (χ4v) is 10.4. The molecular weight excluding hydrogens is 1020 g/mol. The van der Waals surface area contributed by atoms with Gasteiger partial charge in [0.25, 0.3) is 0 Å². The molecule has 0 heterocycles. The SMILES string of the molecule is CCCCCCCCCCCCCCCCCC(=O)O.CCCCCCCCCCCCCCCCCC(=O)O.CCCCCCCCCCCCCCCCC[C-]=O.CCCCCCCCCCCCCCCCC[C-]=O.[O]=[Ti+2]. The predicted molar refractivity (Wildman–Crippen MR) is 346 cm³/mol. The molecule has 7 nitrogen and oxygen atoms in total. The minimum atomic E-state index is -0.653. The van der Waals surface area contributed by atoms with Crippen LogP contribution in [-0.4, -0.2) is 34.7 Å². The van der Waals surface area contributed by atoms with Crippen molar-refractivity contribution in [2.24, 2.45) is 0 Å². The topological polar surface area (TPSA) is 126 Å². The summed E-state index contributed by atoms with van der Waals surface area (Å²) in [4.78, 5) is 40.7. The molecule has 0 aliphatic rings. The van der Waals surface area contributed by atoms with Crippen molar-refractivity contribution >= 4 is 24.5 Å². The van der Waals surface area contributed by atoms with Crippen molar-refractivity contribution in [2.75, 3.05) is 0 Å². The zero-order chi connectivity index (χ0) is 59.8. The Bertz CT molecular complexity index is 1010. The molecule has 0 saturated carbocycles. The van der Waals surface area contributed by atoms with E-state index in [1.165, 1.54) is 347 Å². The van der Waals surface area contributed by atoms with Gasteiger partial charge < -0.3 is 19.8 Å². The molecule has 0 spiro atoms. The van der Waals surface area contributed by atoms with Gasteiger partial charge in [-0.2, -0.15) is 12.8 Å². The summed E-state index contributed by atoms with van der Waals surface area (Å²) in [6, 6.07) is 0. The Hall–Kier alpha value is -1.21. The van der Waals surface area contributed by atoms with Crippen molar-refractivity contribution in [1.82, 2.24) is 0 Å². The van der Waals surface area contributed by atoms with Crippen molar-refractivity contribution in [1.29, 1.82) is 0 Å². The van der Waals surface area contributed by atoms with Crippen LogP contribution in [0.15, 0.2) is 0 Å². The van der Waals surface area contributed by atoms with Crippen LogP contribution in [0.3, 0.4) is 0 Å². The number of hydrogen-bond donors (Lipinski definition) is 2.